The Balaban J connectivity index is 1.43. The number of carbonyl (C=O) groups is 2. The smallest absolute Gasteiger partial charge is 0.260 e. The Kier molecular flexibility index (Phi) is 9.87. The number of carbonyl (C=O) groups excluding carboxylic acids is 2. The predicted molar refractivity (Wildman–Crippen MR) is 130 cm³/mol. The lowest BCUT2D eigenvalue weighted by molar-refractivity contribution is -0.133. The summed E-state index contributed by atoms with van der Waals surface area (Å²) in [6, 6.07) is 8.18. The normalized spacial score (nSPS) is 18.5. The van der Waals surface area contributed by atoms with Crippen molar-refractivity contribution in [3.8, 4) is 5.75 Å². The van der Waals surface area contributed by atoms with Gasteiger partial charge in [0, 0.05) is 39.3 Å². The van der Waals surface area contributed by atoms with E-state index in [1.807, 2.05) is 59.3 Å². The highest BCUT2D eigenvalue weighted by Gasteiger charge is 2.22. The van der Waals surface area contributed by atoms with Crippen LogP contribution in [-0.4, -0.2) is 90.4 Å². The first kappa shape index (κ1) is 24.3. The minimum Gasteiger partial charge on any atom is -0.484 e. The minimum atomic E-state index is 0.0133. The first-order valence-corrected chi connectivity index (χ1v) is 13.4. The average Bonchev–Trinajstić information content (AvgIpc) is 3.05. The molecule has 3 rings (SSSR count). The molecule has 172 valence electrons. The minimum absolute atomic E-state index is 0.0133. The van der Waals surface area contributed by atoms with Crippen LogP contribution in [0.2, 0.25) is 0 Å². The summed E-state index contributed by atoms with van der Waals surface area (Å²) in [4.78, 5) is 30.9. The van der Waals surface area contributed by atoms with E-state index in [9.17, 15) is 9.59 Å². The van der Waals surface area contributed by atoms with E-state index in [0.29, 0.717) is 24.2 Å². The summed E-state index contributed by atoms with van der Waals surface area (Å²) in [7, 11) is 0. The van der Waals surface area contributed by atoms with Crippen LogP contribution < -0.4 is 4.74 Å². The van der Waals surface area contributed by atoms with Gasteiger partial charge in [-0.3, -0.25) is 14.5 Å². The fraction of sp³-hybridized carbons (Fsp3) is 0.652. The van der Waals surface area contributed by atoms with Crippen LogP contribution in [0, 0.1) is 0 Å². The van der Waals surface area contributed by atoms with E-state index < -0.39 is 0 Å². The van der Waals surface area contributed by atoms with Crippen LogP contribution in [0.3, 0.4) is 0 Å². The van der Waals surface area contributed by atoms with Gasteiger partial charge in [0.15, 0.2) is 6.61 Å². The number of likely N-dealkylation sites (N-methyl/N-ethyl adjacent to an activating group) is 1. The van der Waals surface area contributed by atoms with Crippen molar-refractivity contribution in [3.05, 3.63) is 29.8 Å². The molecule has 8 heteroatoms. The lowest BCUT2D eigenvalue weighted by Gasteiger charge is -2.25. The van der Waals surface area contributed by atoms with Crippen molar-refractivity contribution in [3.63, 3.8) is 0 Å². The van der Waals surface area contributed by atoms with Crippen molar-refractivity contribution in [2.75, 3.05) is 63.9 Å². The second-order valence-corrected chi connectivity index (χ2v) is 10.6. The van der Waals surface area contributed by atoms with Crippen molar-refractivity contribution in [2.24, 2.45) is 0 Å². The summed E-state index contributed by atoms with van der Waals surface area (Å²) in [5, 5.41) is 0. The highest BCUT2D eigenvalue weighted by atomic mass is 32.2. The molecule has 2 aliphatic rings. The van der Waals surface area contributed by atoms with Crippen molar-refractivity contribution in [2.45, 2.75) is 31.3 Å². The summed E-state index contributed by atoms with van der Waals surface area (Å²) in [6.45, 7) is 8.91. The van der Waals surface area contributed by atoms with E-state index in [1.165, 1.54) is 23.5 Å². The van der Waals surface area contributed by atoms with Gasteiger partial charge in [-0.05, 0) is 55.9 Å². The number of thioether (sulfide) groups is 2. The molecule has 0 bridgehead atoms. The third-order valence-electron chi connectivity index (χ3n) is 5.76. The number of ether oxygens (including phenoxy) is 1. The van der Waals surface area contributed by atoms with Gasteiger partial charge in [0.2, 0.25) is 5.91 Å². The molecule has 0 N–H and O–H groups in total. The van der Waals surface area contributed by atoms with Gasteiger partial charge in [0.05, 0.1) is 11.1 Å². The fourth-order valence-corrected chi connectivity index (χ4v) is 6.78. The Morgan fingerprint density at radius 1 is 1.00 bits per heavy atom. The molecule has 0 radical (unpaired) electrons. The van der Waals surface area contributed by atoms with Gasteiger partial charge in [-0.25, -0.2) is 0 Å². The zero-order valence-corrected chi connectivity index (χ0v) is 20.4. The Hall–Kier alpha value is -1.38. The first-order valence-electron chi connectivity index (χ1n) is 11.3. The molecule has 2 amide bonds. The Morgan fingerprint density at radius 3 is 2.39 bits per heavy atom. The van der Waals surface area contributed by atoms with Crippen molar-refractivity contribution >= 4 is 35.3 Å². The molecule has 0 atom stereocenters. The zero-order chi connectivity index (χ0) is 22.1. The maximum absolute atomic E-state index is 12.7. The van der Waals surface area contributed by atoms with Crippen LogP contribution in [0.1, 0.15) is 36.8 Å². The molecular formula is C23H35N3O3S2. The van der Waals surface area contributed by atoms with Gasteiger partial charge in [0.25, 0.3) is 5.91 Å². The van der Waals surface area contributed by atoms with Crippen LogP contribution >= 0.6 is 23.5 Å². The largest absolute Gasteiger partial charge is 0.484 e. The predicted octanol–water partition coefficient (Wildman–Crippen LogP) is 3.34. The van der Waals surface area contributed by atoms with E-state index in [1.54, 1.807) is 0 Å². The molecule has 2 saturated heterocycles. The second-order valence-electron chi connectivity index (χ2n) is 7.86. The molecule has 2 heterocycles. The van der Waals surface area contributed by atoms with Crippen LogP contribution in [0.15, 0.2) is 24.3 Å². The average molecular weight is 466 g/mol. The number of hydrogen-bond donors (Lipinski definition) is 0. The van der Waals surface area contributed by atoms with Gasteiger partial charge in [-0.15, -0.1) is 23.5 Å². The lowest BCUT2D eigenvalue weighted by atomic mass is 10.2. The maximum atomic E-state index is 12.7. The summed E-state index contributed by atoms with van der Waals surface area (Å²) in [5.74, 6) is 3.37. The summed E-state index contributed by atoms with van der Waals surface area (Å²) < 4.78 is 6.29. The quantitative estimate of drug-likeness (QED) is 0.587. The van der Waals surface area contributed by atoms with Gasteiger partial charge in [-0.1, -0.05) is 12.1 Å². The second kappa shape index (κ2) is 12.6. The zero-order valence-electron chi connectivity index (χ0n) is 18.8. The number of amides is 2. The Labute approximate surface area is 195 Å². The van der Waals surface area contributed by atoms with Gasteiger partial charge < -0.3 is 14.5 Å². The van der Waals surface area contributed by atoms with Crippen LogP contribution in [-0.2, 0) is 9.59 Å². The van der Waals surface area contributed by atoms with Gasteiger partial charge in [-0.2, -0.15) is 0 Å². The first-order chi connectivity index (χ1) is 15.1. The molecule has 0 unspecified atom stereocenters. The molecular weight excluding hydrogens is 430 g/mol. The van der Waals surface area contributed by atoms with Crippen LogP contribution in [0.4, 0.5) is 0 Å². The number of hydrogen-bond acceptors (Lipinski definition) is 6. The van der Waals surface area contributed by atoms with Crippen molar-refractivity contribution < 1.29 is 14.3 Å². The lowest BCUT2D eigenvalue weighted by Crippen LogP contribution is -2.42. The number of benzene rings is 1. The van der Waals surface area contributed by atoms with Crippen molar-refractivity contribution in [1.29, 1.82) is 0 Å². The topological polar surface area (TPSA) is 53.1 Å². The van der Waals surface area contributed by atoms with Crippen LogP contribution in [0.5, 0.6) is 5.75 Å². The molecule has 2 aliphatic heterocycles. The van der Waals surface area contributed by atoms with Crippen LogP contribution in [0.25, 0.3) is 0 Å². The van der Waals surface area contributed by atoms with Gasteiger partial charge in [0.1, 0.15) is 5.75 Å². The highest BCUT2D eigenvalue weighted by Crippen LogP contribution is 2.43. The monoisotopic (exact) mass is 465 g/mol. The molecule has 0 spiro atoms. The molecule has 0 aromatic heterocycles. The maximum Gasteiger partial charge on any atom is 0.260 e. The summed E-state index contributed by atoms with van der Waals surface area (Å²) in [5.41, 5.74) is 1.32. The van der Waals surface area contributed by atoms with E-state index >= 15 is 0 Å². The Morgan fingerprint density at radius 2 is 1.71 bits per heavy atom. The Bertz CT molecular complexity index is 707. The molecule has 1 aromatic rings. The molecule has 6 nitrogen and oxygen atoms in total. The molecule has 0 aliphatic carbocycles. The van der Waals surface area contributed by atoms with E-state index in [4.69, 9.17) is 4.74 Å². The number of rotatable bonds is 8. The SMILES string of the molecule is CCN(CC)C(=O)CN1CCCN(C(=O)COc2ccc(C3SCCCS3)cc2)CC1. The van der Waals surface area contributed by atoms with E-state index in [-0.39, 0.29) is 18.4 Å². The summed E-state index contributed by atoms with van der Waals surface area (Å²) >= 11 is 4.00. The highest BCUT2D eigenvalue weighted by molar-refractivity contribution is 8.16. The molecule has 2 fully saturated rings. The molecule has 0 saturated carbocycles. The van der Waals surface area contributed by atoms with Gasteiger partial charge >= 0.3 is 0 Å². The fourth-order valence-electron chi connectivity index (χ4n) is 3.88. The van der Waals surface area contributed by atoms with Crippen molar-refractivity contribution in [1.82, 2.24) is 14.7 Å². The number of nitrogens with zero attached hydrogens (tertiary/aromatic N) is 3. The third-order valence-corrected chi connectivity index (χ3v) is 8.77. The third kappa shape index (κ3) is 7.32. The standard InChI is InChI=1S/C23H35N3O3S2/c1-3-25(4-2)21(27)17-24-11-5-12-26(14-13-24)22(28)18-29-20-9-7-19(8-10-20)23-30-15-6-16-31-23/h7-10,23H,3-6,11-18H2,1-2H3. The summed E-state index contributed by atoms with van der Waals surface area (Å²) in [6.07, 6.45) is 2.17. The van der Waals surface area contributed by atoms with E-state index in [2.05, 4.69) is 17.0 Å². The molecule has 31 heavy (non-hydrogen) atoms. The molecule has 1 aromatic carbocycles. The van der Waals surface area contributed by atoms with E-state index in [0.717, 1.165) is 38.3 Å².